The van der Waals surface area contributed by atoms with Gasteiger partial charge in [0.25, 0.3) is 5.91 Å². The monoisotopic (exact) mass is 337 g/mol. The first kappa shape index (κ1) is 18.0. The third kappa shape index (κ3) is 5.08. The maximum atomic E-state index is 11.9. The molecule has 2 amide bonds. The second kappa shape index (κ2) is 8.50. The molecular weight excluding hydrogens is 318 g/mol. The number of likely N-dealkylation sites (N-methyl/N-ethyl adjacent to an activating group) is 2. The third-order valence-corrected chi connectivity index (χ3v) is 3.65. The van der Waals surface area contributed by atoms with Crippen molar-refractivity contribution in [2.24, 2.45) is 0 Å². The van der Waals surface area contributed by atoms with E-state index < -0.39 is 0 Å². The quantitative estimate of drug-likeness (QED) is 0.871. The molecule has 2 rings (SSSR count). The molecule has 0 fully saturated rings. The predicted molar refractivity (Wildman–Crippen MR) is 93.8 cm³/mol. The third-order valence-electron chi connectivity index (χ3n) is 3.65. The van der Waals surface area contributed by atoms with Crippen molar-refractivity contribution in [2.75, 3.05) is 27.2 Å². The number of nitrogens with zero attached hydrogens (tertiary/aromatic N) is 2. The van der Waals surface area contributed by atoms with Gasteiger partial charge in [0.1, 0.15) is 5.75 Å². The highest BCUT2D eigenvalue weighted by molar-refractivity contribution is 5.85. The number of amides is 2. The van der Waals surface area contributed by atoms with Crippen molar-refractivity contribution in [3.8, 4) is 22.9 Å². The lowest BCUT2D eigenvalue weighted by atomic mass is 10.0. The molecule has 0 saturated carbocycles. The van der Waals surface area contributed by atoms with Crippen LogP contribution < -0.4 is 10.1 Å². The van der Waals surface area contributed by atoms with Gasteiger partial charge in [-0.05, 0) is 35.4 Å². The molecule has 0 aliphatic carbocycles. The van der Waals surface area contributed by atoms with Crippen molar-refractivity contribution in [1.82, 2.24) is 10.2 Å². The van der Waals surface area contributed by atoms with E-state index in [0.29, 0.717) is 11.3 Å². The van der Waals surface area contributed by atoms with Gasteiger partial charge in [0, 0.05) is 14.1 Å². The summed E-state index contributed by atoms with van der Waals surface area (Å²) in [7, 11) is 3.07. The van der Waals surface area contributed by atoms with E-state index >= 15 is 0 Å². The second-order valence-corrected chi connectivity index (χ2v) is 5.43. The Kier molecular flexibility index (Phi) is 6.13. The number of carbonyl (C=O) groups excluding carboxylic acids is 2. The summed E-state index contributed by atoms with van der Waals surface area (Å²) in [4.78, 5) is 24.5. The number of hydrogen-bond donors (Lipinski definition) is 1. The maximum Gasteiger partial charge on any atom is 0.260 e. The van der Waals surface area contributed by atoms with Gasteiger partial charge in [-0.2, -0.15) is 5.26 Å². The number of rotatable bonds is 6. The Morgan fingerprint density at radius 3 is 2.16 bits per heavy atom. The van der Waals surface area contributed by atoms with E-state index in [9.17, 15) is 9.59 Å². The van der Waals surface area contributed by atoms with Gasteiger partial charge in [0.2, 0.25) is 5.91 Å². The Morgan fingerprint density at radius 1 is 1.08 bits per heavy atom. The highest BCUT2D eigenvalue weighted by Gasteiger charge is 2.12. The van der Waals surface area contributed by atoms with Crippen LogP contribution in [0.15, 0.2) is 48.5 Å². The average molecular weight is 337 g/mol. The minimum Gasteiger partial charge on any atom is -0.484 e. The molecule has 6 heteroatoms. The zero-order valence-corrected chi connectivity index (χ0v) is 14.2. The zero-order valence-electron chi connectivity index (χ0n) is 14.2. The number of hydrogen-bond acceptors (Lipinski definition) is 4. The van der Waals surface area contributed by atoms with Crippen LogP contribution in [0.25, 0.3) is 11.1 Å². The molecule has 128 valence electrons. The molecule has 0 aliphatic heterocycles. The summed E-state index contributed by atoms with van der Waals surface area (Å²) in [6.07, 6.45) is 0. The number of carbonyl (C=O) groups is 2. The van der Waals surface area contributed by atoms with E-state index in [2.05, 4.69) is 11.4 Å². The van der Waals surface area contributed by atoms with E-state index in [1.807, 2.05) is 24.3 Å². The van der Waals surface area contributed by atoms with Gasteiger partial charge in [-0.15, -0.1) is 0 Å². The van der Waals surface area contributed by atoms with E-state index in [0.717, 1.165) is 11.1 Å². The summed E-state index contributed by atoms with van der Waals surface area (Å²) < 4.78 is 5.47. The Bertz CT molecular complexity index is 777. The number of nitrogens with one attached hydrogen (secondary N) is 1. The van der Waals surface area contributed by atoms with Gasteiger partial charge in [-0.3, -0.25) is 9.59 Å². The SMILES string of the molecule is CNC(=O)CN(C)C(=O)COc1ccc(-c2ccc(C#N)cc2)cc1. The van der Waals surface area contributed by atoms with Crippen molar-refractivity contribution < 1.29 is 14.3 Å². The van der Waals surface area contributed by atoms with Crippen molar-refractivity contribution >= 4 is 11.8 Å². The molecule has 0 radical (unpaired) electrons. The minimum atomic E-state index is -0.278. The number of ether oxygens (including phenoxy) is 1. The highest BCUT2D eigenvalue weighted by Crippen LogP contribution is 2.22. The standard InChI is InChI=1S/C19H19N3O3/c1-21-18(23)12-22(2)19(24)13-25-17-9-7-16(8-10-17)15-5-3-14(11-20)4-6-15/h3-10H,12-13H2,1-2H3,(H,21,23). The van der Waals surface area contributed by atoms with Crippen molar-refractivity contribution in [2.45, 2.75) is 0 Å². The van der Waals surface area contributed by atoms with Gasteiger partial charge in [0.15, 0.2) is 6.61 Å². The predicted octanol–water partition coefficient (Wildman–Crippen LogP) is 1.81. The van der Waals surface area contributed by atoms with Crippen LogP contribution in [-0.4, -0.2) is 44.0 Å². The average Bonchev–Trinajstić information content (AvgIpc) is 2.66. The maximum absolute atomic E-state index is 11.9. The molecule has 6 nitrogen and oxygen atoms in total. The smallest absolute Gasteiger partial charge is 0.260 e. The summed E-state index contributed by atoms with van der Waals surface area (Å²) >= 11 is 0. The molecule has 0 atom stereocenters. The molecular formula is C19H19N3O3. The summed E-state index contributed by atoms with van der Waals surface area (Å²) in [5, 5.41) is 11.3. The molecule has 2 aromatic carbocycles. The molecule has 0 spiro atoms. The van der Waals surface area contributed by atoms with E-state index in [1.54, 1.807) is 31.3 Å². The highest BCUT2D eigenvalue weighted by atomic mass is 16.5. The number of nitriles is 1. The molecule has 1 N–H and O–H groups in total. The fourth-order valence-electron chi connectivity index (χ4n) is 2.12. The van der Waals surface area contributed by atoms with Gasteiger partial charge in [-0.25, -0.2) is 0 Å². The fourth-order valence-corrected chi connectivity index (χ4v) is 2.12. The fraction of sp³-hybridized carbons (Fsp3) is 0.211. The lowest BCUT2D eigenvalue weighted by Crippen LogP contribution is -2.39. The Morgan fingerprint density at radius 2 is 1.64 bits per heavy atom. The molecule has 0 unspecified atom stereocenters. The Labute approximate surface area is 146 Å². The van der Waals surface area contributed by atoms with Crippen LogP contribution in [0.5, 0.6) is 5.75 Å². The first-order valence-corrected chi connectivity index (χ1v) is 7.71. The van der Waals surface area contributed by atoms with Crippen LogP contribution in [0, 0.1) is 11.3 Å². The lowest BCUT2D eigenvalue weighted by Gasteiger charge is -2.16. The summed E-state index contributed by atoms with van der Waals surface area (Å²) in [6, 6.07) is 16.7. The van der Waals surface area contributed by atoms with Crippen LogP contribution in [-0.2, 0) is 9.59 Å². The van der Waals surface area contributed by atoms with Crippen molar-refractivity contribution in [3.63, 3.8) is 0 Å². The van der Waals surface area contributed by atoms with Gasteiger partial charge < -0.3 is 15.0 Å². The van der Waals surface area contributed by atoms with Crippen LogP contribution in [0.4, 0.5) is 0 Å². The van der Waals surface area contributed by atoms with Crippen LogP contribution in [0.3, 0.4) is 0 Å². The van der Waals surface area contributed by atoms with Crippen molar-refractivity contribution in [1.29, 1.82) is 5.26 Å². The Balaban J connectivity index is 1.92. The molecule has 0 aliphatic rings. The molecule has 25 heavy (non-hydrogen) atoms. The van der Waals surface area contributed by atoms with Gasteiger partial charge in [-0.1, -0.05) is 24.3 Å². The zero-order chi connectivity index (χ0) is 18.2. The first-order chi connectivity index (χ1) is 12.0. The van der Waals surface area contributed by atoms with Crippen molar-refractivity contribution in [3.05, 3.63) is 54.1 Å². The van der Waals surface area contributed by atoms with E-state index in [4.69, 9.17) is 10.00 Å². The first-order valence-electron chi connectivity index (χ1n) is 7.71. The summed E-state index contributed by atoms with van der Waals surface area (Å²) in [5.74, 6) is 0.0569. The summed E-state index contributed by atoms with van der Waals surface area (Å²) in [6.45, 7) is -0.139. The second-order valence-electron chi connectivity index (χ2n) is 5.43. The number of benzene rings is 2. The summed E-state index contributed by atoms with van der Waals surface area (Å²) in [5.41, 5.74) is 2.59. The largest absolute Gasteiger partial charge is 0.484 e. The normalized spacial score (nSPS) is 9.80. The van der Waals surface area contributed by atoms with Gasteiger partial charge in [0.05, 0.1) is 18.2 Å². The van der Waals surface area contributed by atoms with Crippen LogP contribution in [0.2, 0.25) is 0 Å². The van der Waals surface area contributed by atoms with Crippen LogP contribution in [0.1, 0.15) is 5.56 Å². The lowest BCUT2D eigenvalue weighted by molar-refractivity contribution is -0.136. The molecule has 0 heterocycles. The van der Waals surface area contributed by atoms with Gasteiger partial charge >= 0.3 is 0 Å². The molecule has 0 bridgehead atoms. The van der Waals surface area contributed by atoms with E-state index in [1.165, 1.54) is 11.9 Å². The molecule has 0 saturated heterocycles. The topological polar surface area (TPSA) is 82.4 Å². The molecule has 2 aromatic rings. The van der Waals surface area contributed by atoms with Crippen LogP contribution >= 0.6 is 0 Å². The van der Waals surface area contributed by atoms with E-state index in [-0.39, 0.29) is 25.0 Å². The minimum absolute atomic E-state index is 0.00365. The molecule has 0 aromatic heterocycles. The Hall–Kier alpha value is -3.33.